The number of carbonyl (C=O) groups is 2. The first-order chi connectivity index (χ1) is 17.0. The van der Waals surface area contributed by atoms with Gasteiger partial charge in [0, 0.05) is 16.8 Å². The first-order valence-electron chi connectivity index (χ1n) is 10.9. The summed E-state index contributed by atoms with van der Waals surface area (Å²) < 4.78 is 5.81. The van der Waals surface area contributed by atoms with E-state index >= 15 is 0 Å². The molecule has 174 valence electrons. The Balaban J connectivity index is 1.54. The van der Waals surface area contributed by atoms with Crippen molar-refractivity contribution in [2.45, 2.75) is 6.54 Å². The Morgan fingerprint density at radius 3 is 2.14 bits per heavy atom. The Labute approximate surface area is 208 Å². The molecule has 1 N–H and O–H groups in total. The van der Waals surface area contributed by atoms with E-state index in [4.69, 9.17) is 21.4 Å². The Morgan fingerprint density at radius 1 is 0.800 bits per heavy atom. The quantitative estimate of drug-likeness (QED) is 0.289. The number of rotatable bonds is 8. The first kappa shape index (κ1) is 23.8. The number of nitrogens with zero attached hydrogens (tertiary/aromatic N) is 1. The van der Waals surface area contributed by atoms with E-state index in [1.807, 2.05) is 36.4 Å². The summed E-state index contributed by atoms with van der Waals surface area (Å²) in [6, 6.07) is 30.1. The highest BCUT2D eigenvalue weighted by Gasteiger charge is 2.15. The summed E-state index contributed by atoms with van der Waals surface area (Å²) in [5, 5.41) is 9.72. The number of hydrogen-bond donors (Lipinski definition) is 1. The summed E-state index contributed by atoms with van der Waals surface area (Å²) >= 11 is 6.01. The summed E-state index contributed by atoms with van der Waals surface area (Å²) in [6.45, 7) is 0.281. The molecule has 0 aromatic heterocycles. The van der Waals surface area contributed by atoms with Crippen LogP contribution in [-0.2, 0) is 6.54 Å². The fourth-order valence-corrected chi connectivity index (χ4v) is 3.56. The van der Waals surface area contributed by atoms with Crippen molar-refractivity contribution in [1.29, 1.82) is 0 Å². The molecule has 0 saturated carbocycles. The average molecular weight is 484 g/mol. The molecule has 0 atom stereocenters. The molecule has 0 bridgehead atoms. The number of ether oxygens (including phenoxy) is 1. The molecule has 0 aliphatic heterocycles. The van der Waals surface area contributed by atoms with Crippen LogP contribution in [0.15, 0.2) is 109 Å². The van der Waals surface area contributed by atoms with Gasteiger partial charge in [-0.1, -0.05) is 60.1 Å². The summed E-state index contributed by atoms with van der Waals surface area (Å²) in [7, 11) is 0. The maximum atomic E-state index is 13.4. The van der Waals surface area contributed by atoms with Crippen molar-refractivity contribution in [2.75, 3.05) is 0 Å². The summed E-state index contributed by atoms with van der Waals surface area (Å²) in [4.78, 5) is 26.1. The van der Waals surface area contributed by atoms with Gasteiger partial charge in [0.25, 0.3) is 5.91 Å². The summed E-state index contributed by atoms with van der Waals surface area (Å²) in [5.41, 5.74) is 2.45. The minimum atomic E-state index is -0.992. The fraction of sp³-hybridized carbons (Fsp3) is 0.0345. The highest BCUT2D eigenvalue weighted by Crippen LogP contribution is 2.25. The van der Waals surface area contributed by atoms with Gasteiger partial charge in [-0.25, -0.2) is 4.79 Å². The third kappa shape index (κ3) is 6.59. The molecule has 1 amide bonds. The number of carboxylic acids is 1. The van der Waals surface area contributed by atoms with Crippen LogP contribution in [0.5, 0.6) is 11.5 Å². The minimum absolute atomic E-state index is 0.196. The third-order valence-electron chi connectivity index (χ3n) is 5.19. The van der Waals surface area contributed by atoms with Crippen LogP contribution in [0, 0.1) is 0 Å². The lowest BCUT2D eigenvalue weighted by atomic mass is 10.1. The van der Waals surface area contributed by atoms with Gasteiger partial charge in [0.1, 0.15) is 11.5 Å². The molecule has 5 nitrogen and oxygen atoms in total. The van der Waals surface area contributed by atoms with E-state index in [9.17, 15) is 9.59 Å². The molecular weight excluding hydrogens is 462 g/mol. The maximum Gasteiger partial charge on any atom is 0.335 e. The lowest BCUT2D eigenvalue weighted by molar-refractivity contribution is 0.0696. The second kappa shape index (κ2) is 11.2. The van der Waals surface area contributed by atoms with Gasteiger partial charge in [0.15, 0.2) is 0 Å². The molecule has 0 radical (unpaired) electrons. The Morgan fingerprint density at radius 2 is 1.49 bits per heavy atom. The molecule has 0 aliphatic carbocycles. The molecule has 0 spiro atoms. The molecule has 6 heteroatoms. The van der Waals surface area contributed by atoms with E-state index in [1.54, 1.807) is 71.8 Å². The average Bonchev–Trinajstić information content (AvgIpc) is 2.87. The molecule has 4 aromatic carbocycles. The van der Waals surface area contributed by atoms with Crippen molar-refractivity contribution < 1.29 is 19.4 Å². The largest absolute Gasteiger partial charge is 0.478 e. The van der Waals surface area contributed by atoms with Crippen molar-refractivity contribution in [1.82, 2.24) is 4.90 Å². The van der Waals surface area contributed by atoms with Crippen molar-refractivity contribution >= 4 is 29.6 Å². The first-order valence-corrected chi connectivity index (χ1v) is 11.3. The Kier molecular flexibility index (Phi) is 7.60. The minimum Gasteiger partial charge on any atom is -0.478 e. The number of carbonyl (C=O) groups excluding carboxylic acids is 1. The predicted molar refractivity (Wildman–Crippen MR) is 137 cm³/mol. The lowest BCUT2D eigenvalue weighted by Crippen LogP contribution is -2.25. The van der Waals surface area contributed by atoms with Gasteiger partial charge in [-0.2, -0.15) is 0 Å². The number of amides is 1. The van der Waals surface area contributed by atoms with Gasteiger partial charge in [-0.15, -0.1) is 0 Å². The standard InChI is InChI=1S/C29H22ClNO4/c30-25-7-4-8-27(19-25)35-26-15-13-23(14-16-26)28(32)31(18-17-21-5-2-1-3-6-21)20-22-9-11-24(12-10-22)29(33)34/h1-19H,20H2,(H,33,34). The second-order valence-electron chi connectivity index (χ2n) is 7.75. The number of halogens is 1. The zero-order valence-corrected chi connectivity index (χ0v) is 19.4. The smallest absolute Gasteiger partial charge is 0.335 e. The van der Waals surface area contributed by atoms with Gasteiger partial charge in [0.05, 0.1) is 12.1 Å². The molecular formula is C29H22ClNO4. The Hall–Kier alpha value is -4.35. The van der Waals surface area contributed by atoms with Gasteiger partial charge in [-0.3, -0.25) is 4.79 Å². The summed E-state index contributed by atoms with van der Waals surface area (Å²) in [5.74, 6) is -0.00408. The van der Waals surface area contributed by atoms with Crippen molar-refractivity contribution in [3.63, 3.8) is 0 Å². The van der Waals surface area contributed by atoms with Crippen molar-refractivity contribution in [3.05, 3.63) is 137 Å². The van der Waals surface area contributed by atoms with Crippen LogP contribution >= 0.6 is 11.6 Å². The van der Waals surface area contributed by atoms with Crippen LogP contribution in [-0.4, -0.2) is 21.9 Å². The second-order valence-corrected chi connectivity index (χ2v) is 8.18. The van der Waals surface area contributed by atoms with Crippen LogP contribution in [0.2, 0.25) is 5.02 Å². The van der Waals surface area contributed by atoms with Gasteiger partial charge in [-0.05, 0) is 71.8 Å². The zero-order valence-electron chi connectivity index (χ0n) is 18.7. The van der Waals surface area contributed by atoms with Crippen molar-refractivity contribution in [3.8, 4) is 11.5 Å². The number of carboxylic acid groups (broad SMARTS) is 1. The number of aromatic carboxylic acids is 1. The van der Waals surface area contributed by atoms with E-state index in [2.05, 4.69) is 0 Å². The van der Waals surface area contributed by atoms with Gasteiger partial charge < -0.3 is 14.7 Å². The normalized spacial score (nSPS) is 10.8. The van der Waals surface area contributed by atoms with Crippen LogP contribution in [0.4, 0.5) is 0 Å². The molecule has 0 unspecified atom stereocenters. The molecule has 4 aromatic rings. The molecule has 0 aliphatic rings. The lowest BCUT2D eigenvalue weighted by Gasteiger charge is -2.19. The van der Waals surface area contributed by atoms with Crippen LogP contribution in [0.1, 0.15) is 31.8 Å². The summed E-state index contributed by atoms with van der Waals surface area (Å²) in [6.07, 6.45) is 3.60. The van der Waals surface area contributed by atoms with Gasteiger partial charge in [0.2, 0.25) is 0 Å². The molecule has 35 heavy (non-hydrogen) atoms. The van der Waals surface area contributed by atoms with Crippen molar-refractivity contribution in [2.24, 2.45) is 0 Å². The van der Waals surface area contributed by atoms with E-state index in [0.29, 0.717) is 22.1 Å². The molecule has 0 saturated heterocycles. The number of benzene rings is 4. The zero-order chi connectivity index (χ0) is 24.6. The molecule has 4 rings (SSSR count). The molecule has 0 fully saturated rings. The Bertz CT molecular complexity index is 1330. The van der Waals surface area contributed by atoms with E-state index in [-0.39, 0.29) is 18.0 Å². The SMILES string of the molecule is O=C(O)c1ccc(CN(C=Cc2ccccc2)C(=O)c2ccc(Oc3cccc(Cl)c3)cc2)cc1. The maximum absolute atomic E-state index is 13.4. The fourth-order valence-electron chi connectivity index (χ4n) is 3.38. The van der Waals surface area contributed by atoms with E-state index in [0.717, 1.165) is 11.1 Å². The van der Waals surface area contributed by atoms with Crippen LogP contribution in [0.3, 0.4) is 0 Å². The highest BCUT2D eigenvalue weighted by molar-refractivity contribution is 6.30. The van der Waals surface area contributed by atoms with Crippen LogP contribution in [0.25, 0.3) is 6.08 Å². The topological polar surface area (TPSA) is 66.8 Å². The highest BCUT2D eigenvalue weighted by atomic mass is 35.5. The van der Waals surface area contributed by atoms with E-state index in [1.165, 1.54) is 12.1 Å². The monoisotopic (exact) mass is 483 g/mol. The van der Waals surface area contributed by atoms with Crippen LogP contribution < -0.4 is 4.74 Å². The number of hydrogen-bond acceptors (Lipinski definition) is 3. The predicted octanol–water partition coefficient (Wildman–Crippen LogP) is 7.14. The van der Waals surface area contributed by atoms with Gasteiger partial charge >= 0.3 is 5.97 Å². The third-order valence-corrected chi connectivity index (χ3v) is 5.43. The van der Waals surface area contributed by atoms with E-state index < -0.39 is 5.97 Å². The molecule has 0 heterocycles.